The van der Waals surface area contributed by atoms with E-state index in [-0.39, 0.29) is 0 Å². The van der Waals surface area contributed by atoms with Gasteiger partial charge in [-0.05, 0) is 80.9 Å². The first-order valence-electron chi connectivity index (χ1n) is 20.7. The molecular formula is C57H36N4. The summed E-state index contributed by atoms with van der Waals surface area (Å²) in [6, 6.07) is 77.5. The molecule has 12 aromatic rings. The van der Waals surface area contributed by atoms with E-state index in [0.29, 0.717) is 0 Å². The molecule has 0 fully saturated rings. The van der Waals surface area contributed by atoms with Gasteiger partial charge in [-0.25, -0.2) is 14.6 Å². The summed E-state index contributed by atoms with van der Waals surface area (Å²) in [5, 5.41) is 13.3. The lowest BCUT2D eigenvalue weighted by molar-refractivity contribution is 0.918. The van der Waals surface area contributed by atoms with Gasteiger partial charge in [0, 0.05) is 38.2 Å². The van der Waals surface area contributed by atoms with Crippen LogP contribution < -0.4 is 0 Å². The molecule has 9 aromatic carbocycles. The fourth-order valence-corrected chi connectivity index (χ4v) is 8.90. The van der Waals surface area contributed by atoms with E-state index in [1.54, 1.807) is 0 Å². The Balaban J connectivity index is 0.942. The monoisotopic (exact) mass is 776 g/mol. The van der Waals surface area contributed by atoms with Gasteiger partial charge >= 0.3 is 0 Å². The SMILES string of the molecule is c1ccc(-c2ccc3ccc4ccc(-c5ccc6ccc(-c7ccc(-c8cc9ccccc9c9c8c(-c8ccccc8)nn9-c8ccccc8)cc7)cc6c5)nc4c3n2)cc1. The highest BCUT2D eigenvalue weighted by atomic mass is 15.3. The molecule has 0 saturated heterocycles. The fraction of sp³-hybridized carbons (Fsp3) is 0. The average molecular weight is 777 g/mol. The number of benzene rings is 9. The number of pyridine rings is 2. The lowest BCUT2D eigenvalue weighted by Crippen LogP contribution is -1.96. The molecule has 3 aromatic heterocycles. The van der Waals surface area contributed by atoms with Crippen LogP contribution in [0.3, 0.4) is 0 Å². The Morgan fingerprint density at radius 2 is 0.852 bits per heavy atom. The molecule has 0 N–H and O–H groups in total. The van der Waals surface area contributed by atoms with Crippen LogP contribution in [0.2, 0.25) is 0 Å². The van der Waals surface area contributed by atoms with Crippen LogP contribution in [0.1, 0.15) is 0 Å². The maximum Gasteiger partial charge on any atom is 0.101 e. The summed E-state index contributed by atoms with van der Waals surface area (Å²) in [5.41, 5.74) is 14.7. The van der Waals surface area contributed by atoms with Crippen LogP contribution in [-0.2, 0) is 0 Å². The summed E-state index contributed by atoms with van der Waals surface area (Å²) in [5.74, 6) is 0. The van der Waals surface area contributed by atoms with Crippen molar-refractivity contribution in [1.29, 1.82) is 0 Å². The highest BCUT2D eigenvalue weighted by Crippen LogP contribution is 2.42. The minimum absolute atomic E-state index is 0.911. The molecule has 0 bridgehead atoms. The van der Waals surface area contributed by atoms with E-state index in [9.17, 15) is 0 Å². The van der Waals surface area contributed by atoms with Crippen LogP contribution in [0.15, 0.2) is 218 Å². The Hall–Kier alpha value is -8.21. The highest BCUT2D eigenvalue weighted by molar-refractivity contribution is 6.17. The Kier molecular flexibility index (Phi) is 8.13. The molecule has 0 amide bonds. The van der Waals surface area contributed by atoms with Gasteiger partial charge in [-0.3, -0.25) is 0 Å². The number of nitrogens with zero attached hydrogens (tertiary/aromatic N) is 4. The van der Waals surface area contributed by atoms with Gasteiger partial charge in [0.2, 0.25) is 0 Å². The number of aromatic nitrogens is 4. The van der Waals surface area contributed by atoms with Crippen LogP contribution in [0.5, 0.6) is 0 Å². The van der Waals surface area contributed by atoms with E-state index in [2.05, 4.69) is 217 Å². The Morgan fingerprint density at radius 3 is 1.56 bits per heavy atom. The average Bonchev–Trinajstić information content (AvgIpc) is 3.75. The zero-order chi connectivity index (χ0) is 40.3. The van der Waals surface area contributed by atoms with Crippen molar-refractivity contribution in [2.75, 3.05) is 0 Å². The third-order valence-electron chi connectivity index (χ3n) is 12.0. The fourth-order valence-electron chi connectivity index (χ4n) is 8.90. The predicted octanol–water partition coefficient (Wildman–Crippen LogP) is 14.8. The van der Waals surface area contributed by atoms with E-state index in [4.69, 9.17) is 15.1 Å². The zero-order valence-electron chi connectivity index (χ0n) is 33.1. The van der Waals surface area contributed by atoms with Gasteiger partial charge in [0.15, 0.2) is 0 Å². The van der Waals surface area contributed by atoms with Crippen molar-refractivity contribution in [1.82, 2.24) is 19.7 Å². The molecule has 4 heteroatoms. The molecule has 12 rings (SSSR count). The maximum absolute atomic E-state index is 5.34. The van der Waals surface area contributed by atoms with Gasteiger partial charge < -0.3 is 0 Å². The second-order valence-corrected chi connectivity index (χ2v) is 15.7. The molecule has 0 aliphatic heterocycles. The molecule has 0 atom stereocenters. The number of hydrogen-bond donors (Lipinski definition) is 0. The molecule has 4 nitrogen and oxygen atoms in total. The summed E-state index contributed by atoms with van der Waals surface area (Å²) in [7, 11) is 0. The number of hydrogen-bond acceptors (Lipinski definition) is 3. The Bertz CT molecular complexity index is 3610. The lowest BCUT2D eigenvalue weighted by atomic mass is 9.92. The molecule has 0 aliphatic carbocycles. The van der Waals surface area contributed by atoms with Crippen molar-refractivity contribution < 1.29 is 0 Å². The molecule has 0 spiro atoms. The quantitative estimate of drug-likeness (QED) is 0.158. The summed E-state index contributed by atoms with van der Waals surface area (Å²) >= 11 is 0. The van der Waals surface area contributed by atoms with Gasteiger partial charge in [0.25, 0.3) is 0 Å². The van der Waals surface area contributed by atoms with Crippen LogP contribution in [0, 0.1) is 0 Å². The molecule has 3 heterocycles. The van der Waals surface area contributed by atoms with Crippen molar-refractivity contribution >= 4 is 54.3 Å². The predicted molar refractivity (Wildman–Crippen MR) is 254 cm³/mol. The summed E-state index contributed by atoms with van der Waals surface area (Å²) < 4.78 is 2.12. The van der Waals surface area contributed by atoms with E-state index in [1.807, 2.05) is 6.07 Å². The summed E-state index contributed by atoms with van der Waals surface area (Å²) in [6.07, 6.45) is 0. The largest absolute Gasteiger partial charge is 0.245 e. The second-order valence-electron chi connectivity index (χ2n) is 15.7. The van der Waals surface area contributed by atoms with E-state index in [0.717, 1.165) is 94.4 Å². The summed E-state index contributed by atoms with van der Waals surface area (Å²) in [6.45, 7) is 0. The first-order valence-corrected chi connectivity index (χ1v) is 20.7. The van der Waals surface area contributed by atoms with Crippen molar-refractivity contribution in [3.8, 4) is 61.7 Å². The third-order valence-corrected chi connectivity index (χ3v) is 12.0. The van der Waals surface area contributed by atoms with Crippen molar-refractivity contribution in [3.63, 3.8) is 0 Å². The van der Waals surface area contributed by atoms with Gasteiger partial charge in [-0.2, -0.15) is 5.10 Å². The Labute approximate surface area is 352 Å². The molecule has 0 saturated carbocycles. The summed E-state index contributed by atoms with van der Waals surface area (Å²) in [4.78, 5) is 10.4. The smallest absolute Gasteiger partial charge is 0.101 e. The van der Waals surface area contributed by atoms with Gasteiger partial charge in [0.05, 0.1) is 33.6 Å². The standard InChI is InChI=1S/C57H36N4/c1-4-12-40(13-5-1)51-32-30-42-26-27-43-31-33-52(59-56(43)55(42)58-51)46-29-23-38-22-28-44(34-47(38)35-46)37-20-24-39(25-21-37)50-36-45-16-10-11-19-49(45)57-53(50)54(41-14-6-2-7-15-41)60-61(57)48-17-8-3-9-18-48/h1-36H. The van der Waals surface area contributed by atoms with Crippen molar-refractivity contribution in [2.24, 2.45) is 0 Å². The normalized spacial score (nSPS) is 11.6. The van der Waals surface area contributed by atoms with Gasteiger partial charge in [-0.15, -0.1) is 0 Å². The first kappa shape index (κ1) is 34.8. The molecule has 284 valence electrons. The topological polar surface area (TPSA) is 43.6 Å². The molecule has 0 aliphatic rings. The third kappa shape index (κ3) is 6.04. The molecule has 61 heavy (non-hydrogen) atoms. The molecule has 0 unspecified atom stereocenters. The van der Waals surface area contributed by atoms with Gasteiger partial charge in [-0.1, -0.05) is 176 Å². The minimum atomic E-state index is 0.911. The minimum Gasteiger partial charge on any atom is -0.245 e. The number of para-hydroxylation sites is 1. The van der Waals surface area contributed by atoms with Crippen LogP contribution >= 0.6 is 0 Å². The van der Waals surface area contributed by atoms with E-state index in [1.165, 1.54) is 21.5 Å². The first-order chi connectivity index (χ1) is 30.2. The van der Waals surface area contributed by atoms with E-state index < -0.39 is 0 Å². The molecular weight excluding hydrogens is 741 g/mol. The van der Waals surface area contributed by atoms with E-state index >= 15 is 0 Å². The van der Waals surface area contributed by atoms with Crippen LogP contribution in [-0.4, -0.2) is 19.7 Å². The number of rotatable bonds is 6. The highest BCUT2D eigenvalue weighted by Gasteiger charge is 2.21. The Morgan fingerprint density at radius 1 is 0.328 bits per heavy atom. The zero-order valence-corrected chi connectivity index (χ0v) is 33.1. The maximum atomic E-state index is 5.34. The van der Waals surface area contributed by atoms with Crippen LogP contribution in [0.25, 0.3) is 116 Å². The van der Waals surface area contributed by atoms with Crippen molar-refractivity contribution in [2.45, 2.75) is 0 Å². The van der Waals surface area contributed by atoms with Gasteiger partial charge in [0.1, 0.15) is 5.69 Å². The van der Waals surface area contributed by atoms with Crippen molar-refractivity contribution in [3.05, 3.63) is 218 Å². The molecule has 0 radical (unpaired) electrons. The van der Waals surface area contributed by atoms with Crippen LogP contribution in [0.4, 0.5) is 0 Å². The number of fused-ring (bicyclic) bond motifs is 7. The second kappa shape index (κ2) is 14.3. The lowest BCUT2D eigenvalue weighted by Gasteiger charge is -2.12.